The summed E-state index contributed by atoms with van der Waals surface area (Å²) in [5, 5.41) is 3.37. The number of nitrogens with one attached hydrogen (secondary N) is 1. The first-order valence-electron chi connectivity index (χ1n) is 13.8. The van der Waals surface area contributed by atoms with Crippen LogP contribution in [0, 0.1) is 12.7 Å². The number of sulfonamides is 1. The smallest absolute Gasteiger partial charge is 0.243 e. The molecule has 3 aromatic carbocycles. The summed E-state index contributed by atoms with van der Waals surface area (Å²) in [6.45, 7) is 7.25. The number of carbonyl (C=O) groups is 2. The van der Waals surface area contributed by atoms with Gasteiger partial charge >= 0.3 is 0 Å². The fraction of sp³-hybridized carbons (Fsp3) is 0.375. The van der Waals surface area contributed by atoms with Gasteiger partial charge in [-0.1, -0.05) is 66.2 Å². The fourth-order valence-corrected chi connectivity index (χ4v) is 5.83. The van der Waals surface area contributed by atoms with Gasteiger partial charge in [0, 0.05) is 42.1 Å². The highest BCUT2D eigenvalue weighted by molar-refractivity contribution is 7.92. The molecule has 0 spiro atoms. The number of nitrogens with zero attached hydrogens (tertiary/aromatic N) is 2. The first kappa shape index (κ1) is 33.1. The van der Waals surface area contributed by atoms with Crippen LogP contribution in [0.25, 0.3) is 0 Å². The first-order valence-corrected chi connectivity index (χ1v) is 16.0. The van der Waals surface area contributed by atoms with Crippen molar-refractivity contribution in [1.29, 1.82) is 0 Å². The van der Waals surface area contributed by atoms with E-state index in [1.54, 1.807) is 43.3 Å². The monoisotopic (exact) mass is 615 g/mol. The number of carbonyl (C=O) groups excluding carboxylic acids is 2. The molecule has 2 amide bonds. The molecule has 1 N–H and O–H groups in total. The molecule has 3 aromatic rings. The highest BCUT2D eigenvalue weighted by Gasteiger charge is 2.32. The lowest BCUT2D eigenvalue weighted by molar-refractivity contribution is -0.142. The standard InChI is InChI=1S/C32H39ClFN3O4S/c1-23-17-18-26(33)21-28(23)37(42(5,40)41)19-11-16-30(38)36(22-25-14-9-10-15-27(25)34)29(31(39)35-32(2,3)4)20-24-12-7-6-8-13-24/h6-10,12-15,17-18,21,29H,11,16,19-20,22H2,1-5H3,(H,35,39)/t29-/m1/s1. The highest BCUT2D eigenvalue weighted by Crippen LogP contribution is 2.27. The summed E-state index contributed by atoms with van der Waals surface area (Å²) in [6, 6.07) is 19.5. The first-order chi connectivity index (χ1) is 19.7. The van der Waals surface area contributed by atoms with Crippen LogP contribution in [0.1, 0.15) is 50.3 Å². The van der Waals surface area contributed by atoms with Gasteiger partial charge in [-0.15, -0.1) is 0 Å². The third-order valence-electron chi connectivity index (χ3n) is 6.66. The number of benzene rings is 3. The normalized spacial score (nSPS) is 12.5. The lowest BCUT2D eigenvalue weighted by Gasteiger charge is -2.34. The zero-order valence-corrected chi connectivity index (χ0v) is 26.3. The topological polar surface area (TPSA) is 86.8 Å². The number of rotatable bonds is 12. The van der Waals surface area contributed by atoms with Crippen LogP contribution in [0.15, 0.2) is 72.8 Å². The quantitative estimate of drug-likeness (QED) is 0.275. The molecule has 0 saturated heterocycles. The van der Waals surface area contributed by atoms with E-state index < -0.39 is 27.4 Å². The Labute approximate surface area is 253 Å². The van der Waals surface area contributed by atoms with E-state index in [1.165, 1.54) is 15.3 Å². The van der Waals surface area contributed by atoms with Crippen molar-refractivity contribution < 1.29 is 22.4 Å². The van der Waals surface area contributed by atoms with Gasteiger partial charge in [0.15, 0.2) is 0 Å². The van der Waals surface area contributed by atoms with Gasteiger partial charge in [0.1, 0.15) is 11.9 Å². The minimum Gasteiger partial charge on any atom is -0.350 e. The summed E-state index contributed by atoms with van der Waals surface area (Å²) in [6.07, 6.45) is 1.44. The zero-order chi connectivity index (χ0) is 31.1. The molecular formula is C32H39ClFN3O4S. The van der Waals surface area contributed by atoms with Crippen LogP contribution in [-0.2, 0) is 32.6 Å². The lowest BCUT2D eigenvalue weighted by Crippen LogP contribution is -2.54. The minimum atomic E-state index is -3.68. The minimum absolute atomic E-state index is 0.0246. The Morgan fingerprint density at radius 2 is 1.64 bits per heavy atom. The van der Waals surface area contributed by atoms with Crippen LogP contribution in [0.5, 0.6) is 0 Å². The van der Waals surface area contributed by atoms with Crippen LogP contribution < -0.4 is 9.62 Å². The van der Waals surface area contributed by atoms with Crippen molar-refractivity contribution in [1.82, 2.24) is 10.2 Å². The molecule has 226 valence electrons. The maximum atomic E-state index is 14.8. The van der Waals surface area contributed by atoms with E-state index in [0.29, 0.717) is 10.7 Å². The molecule has 0 aromatic heterocycles. The van der Waals surface area contributed by atoms with E-state index >= 15 is 0 Å². The molecule has 0 heterocycles. The van der Waals surface area contributed by atoms with E-state index in [9.17, 15) is 22.4 Å². The molecule has 7 nitrogen and oxygen atoms in total. The Bertz CT molecular complexity index is 1490. The van der Waals surface area contributed by atoms with Crippen molar-refractivity contribution in [3.05, 3.63) is 100 Å². The van der Waals surface area contributed by atoms with Crippen LogP contribution in [0.3, 0.4) is 0 Å². The van der Waals surface area contributed by atoms with Gasteiger partial charge in [0.25, 0.3) is 0 Å². The molecule has 0 saturated carbocycles. The van der Waals surface area contributed by atoms with Gasteiger partial charge in [-0.2, -0.15) is 0 Å². The van der Waals surface area contributed by atoms with Crippen molar-refractivity contribution in [3.8, 4) is 0 Å². The zero-order valence-electron chi connectivity index (χ0n) is 24.7. The molecule has 0 radical (unpaired) electrons. The summed E-state index contributed by atoms with van der Waals surface area (Å²) in [5.41, 5.74) is 1.72. The molecular weight excluding hydrogens is 577 g/mol. The van der Waals surface area contributed by atoms with Gasteiger partial charge in [0.05, 0.1) is 11.9 Å². The molecule has 0 aliphatic rings. The molecule has 0 aliphatic heterocycles. The molecule has 0 fully saturated rings. The largest absolute Gasteiger partial charge is 0.350 e. The molecule has 0 aliphatic carbocycles. The Kier molecular flexibility index (Phi) is 11.2. The maximum Gasteiger partial charge on any atom is 0.243 e. The van der Waals surface area contributed by atoms with Crippen molar-refractivity contribution in [2.24, 2.45) is 0 Å². The number of hydrogen-bond donors (Lipinski definition) is 1. The molecule has 42 heavy (non-hydrogen) atoms. The van der Waals surface area contributed by atoms with Gasteiger partial charge in [-0.05, 0) is 63.4 Å². The summed E-state index contributed by atoms with van der Waals surface area (Å²) in [5.74, 6) is -1.23. The summed E-state index contributed by atoms with van der Waals surface area (Å²) < 4.78 is 41.5. The second-order valence-corrected chi connectivity index (χ2v) is 13.8. The molecule has 10 heteroatoms. The third kappa shape index (κ3) is 9.56. The summed E-state index contributed by atoms with van der Waals surface area (Å²) in [4.78, 5) is 28.9. The predicted octanol–water partition coefficient (Wildman–Crippen LogP) is 5.89. The van der Waals surface area contributed by atoms with E-state index in [1.807, 2.05) is 51.1 Å². The van der Waals surface area contributed by atoms with Crippen molar-refractivity contribution >= 4 is 39.1 Å². The van der Waals surface area contributed by atoms with Crippen LogP contribution in [0.2, 0.25) is 5.02 Å². The van der Waals surface area contributed by atoms with E-state index in [2.05, 4.69) is 5.32 Å². The average Bonchev–Trinajstić information content (AvgIpc) is 2.90. The number of anilines is 1. The SMILES string of the molecule is Cc1ccc(Cl)cc1N(CCCC(=O)N(Cc1ccccc1F)[C@H](Cc1ccccc1)C(=O)NC(C)(C)C)S(C)(=O)=O. The fourth-order valence-electron chi connectivity index (χ4n) is 4.65. The highest BCUT2D eigenvalue weighted by atomic mass is 35.5. The van der Waals surface area contributed by atoms with Crippen LogP contribution >= 0.6 is 11.6 Å². The molecule has 0 unspecified atom stereocenters. The number of halogens is 2. The van der Waals surface area contributed by atoms with Crippen LogP contribution in [-0.4, -0.2) is 49.5 Å². The Balaban J connectivity index is 1.93. The summed E-state index contributed by atoms with van der Waals surface area (Å²) in [7, 11) is -3.68. The predicted molar refractivity (Wildman–Crippen MR) is 166 cm³/mol. The van der Waals surface area contributed by atoms with E-state index in [0.717, 1.165) is 17.4 Å². The van der Waals surface area contributed by atoms with Gasteiger partial charge in [0.2, 0.25) is 21.8 Å². The molecule has 1 atom stereocenters. The summed E-state index contributed by atoms with van der Waals surface area (Å²) >= 11 is 6.15. The Morgan fingerprint density at radius 3 is 2.26 bits per heavy atom. The van der Waals surface area contributed by atoms with Gasteiger partial charge < -0.3 is 10.2 Å². The number of aryl methyl sites for hydroxylation is 1. The van der Waals surface area contributed by atoms with Gasteiger partial charge in [-0.25, -0.2) is 12.8 Å². The van der Waals surface area contributed by atoms with Crippen molar-refractivity contribution in [2.45, 2.75) is 65.1 Å². The van der Waals surface area contributed by atoms with Crippen LogP contribution in [0.4, 0.5) is 10.1 Å². The Morgan fingerprint density at radius 1 is 1.00 bits per heavy atom. The van der Waals surface area contributed by atoms with Crippen molar-refractivity contribution in [2.75, 3.05) is 17.1 Å². The maximum absolute atomic E-state index is 14.8. The Hall–Kier alpha value is -3.43. The molecule has 3 rings (SSSR count). The van der Waals surface area contributed by atoms with E-state index in [4.69, 9.17) is 11.6 Å². The average molecular weight is 616 g/mol. The lowest BCUT2D eigenvalue weighted by atomic mass is 10.00. The van der Waals surface area contributed by atoms with E-state index in [-0.39, 0.29) is 49.7 Å². The number of amides is 2. The van der Waals surface area contributed by atoms with Gasteiger partial charge in [-0.3, -0.25) is 13.9 Å². The number of hydrogen-bond acceptors (Lipinski definition) is 4. The third-order valence-corrected chi connectivity index (χ3v) is 8.07. The van der Waals surface area contributed by atoms with Crippen molar-refractivity contribution in [3.63, 3.8) is 0 Å². The second kappa shape index (κ2) is 14.2. The molecule has 0 bridgehead atoms. The second-order valence-electron chi connectivity index (χ2n) is 11.4.